The highest BCUT2D eigenvalue weighted by atomic mass is 127. The van der Waals surface area contributed by atoms with E-state index in [-0.39, 0.29) is 42.4 Å². The molecule has 30 heavy (non-hydrogen) atoms. The number of nitrogens with zero attached hydrogens (tertiary/aromatic N) is 2. The van der Waals surface area contributed by atoms with Crippen LogP contribution < -0.4 is 20.5 Å². The van der Waals surface area contributed by atoms with E-state index in [1.807, 2.05) is 55.5 Å². The predicted molar refractivity (Wildman–Crippen MR) is 131 cm³/mol. The minimum absolute atomic E-state index is 0. The van der Waals surface area contributed by atoms with Crippen molar-refractivity contribution in [2.24, 2.45) is 10.7 Å². The summed E-state index contributed by atoms with van der Waals surface area (Å²) in [5, 5.41) is 3.04. The largest absolute Gasteiger partial charge is 0.493 e. The molecule has 0 fully saturated rings. The second kappa shape index (κ2) is 13.7. The predicted octanol–water partition coefficient (Wildman–Crippen LogP) is 2.82. The molecular formula is C22H31IN4O3. The Morgan fingerprint density at radius 3 is 2.40 bits per heavy atom. The van der Waals surface area contributed by atoms with Crippen LogP contribution in [0, 0.1) is 0 Å². The maximum Gasteiger partial charge on any atom is 0.244 e. The molecule has 0 heterocycles. The number of nitrogens with two attached hydrogens (primary N) is 1. The van der Waals surface area contributed by atoms with Crippen LogP contribution >= 0.6 is 24.0 Å². The van der Waals surface area contributed by atoms with Gasteiger partial charge in [0.2, 0.25) is 5.91 Å². The van der Waals surface area contributed by atoms with E-state index >= 15 is 0 Å². The molecule has 0 bridgehead atoms. The molecule has 164 valence electrons. The highest BCUT2D eigenvalue weighted by Crippen LogP contribution is 2.27. The van der Waals surface area contributed by atoms with Crippen molar-refractivity contribution >= 4 is 35.8 Å². The Balaban J connectivity index is 0.00000450. The number of amides is 1. The molecule has 0 saturated carbocycles. The van der Waals surface area contributed by atoms with Crippen LogP contribution in [0.2, 0.25) is 0 Å². The quantitative estimate of drug-likeness (QED) is 0.283. The fourth-order valence-corrected chi connectivity index (χ4v) is 2.86. The number of benzene rings is 2. The molecule has 0 aliphatic carbocycles. The Labute approximate surface area is 195 Å². The molecule has 0 aromatic heterocycles. The summed E-state index contributed by atoms with van der Waals surface area (Å²) in [7, 11) is 3.22. The SMILES string of the molecule is CCN(Cc1ccccc1)C(=O)CN=C(N)NCCc1ccc(OC)c(OC)c1.I. The summed E-state index contributed by atoms with van der Waals surface area (Å²) in [6.45, 7) is 3.76. The van der Waals surface area contributed by atoms with Crippen molar-refractivity contribution in [2.75, 3.05) is 33.9 Å². The lowest BCUT2D eigenvalue weighted by Gasteiger charge is -2.20. The van der Waals surface area contributed by atoms with Gasteiger partial charge < -0.3 is 25.4 Å². The van der Waals surface area contributed by atoms with Gasteiger partial charge in [0.25, 0.3) is 0 Å². The lowest BCUT2D eigenvalue weighted by molar-refractivity contribution is -0.130. The van der Waals surface area contributed by atoms with Gasteiger partial charge >= 0.3 is 0 Å². The van der Waals surface area contributed by atoms with Gasteiger partial charge in [-0.15, -0.1) is 24.0 Å². The van der Waals surface area contributed by atoms with E-state index in [0.717, 1.165) is 17.5 Å². The van der Waals surface area contributed by atoms with Crippen molar-refractivity contribution < 1.29 is 14.3 Å². The van der Waals surface area contributed by atoms with E-state index in [1.165, 1.54) is 0 Å². The van der Waals surface area contributed by atoms with Crippen molar-refractivity contribution in [3.05, 3.63) is 59.7 Å². The van der Waals surface area contributed by atoms with E-state index in [2.05, 4.69) is 10.3 Å². The molecular weight excluding hydrogens is 495 g/mol. The summed E-state index contributed by atoms with van der Waals surface area (Å²) in [4.78, 5) is 18.4. The molecule has 1 amide bonds. The van der Waals surface area contributed by atoms with Crippen LogP contribution in [0.4, 0.5) is 0 Å². The van der Waals surface area contributed by atoms with Crippen molar-refractivity contribution in [3.63, 3.8) is 0 Å². The van der Waals surface area contributed by atoms with Crippen LogP contribution in [0.5, 0.6) is 11.5 Å². The monoisotopic (exact) mass is 526 g/mol. The number of methoxy groups -OCH3 is 2. The van der Waals surface area contributed by atoms with Gasteiger partial charge in [0.1, 0.15) is 6.54 Å². The van der Waals surface area contributed by atoms with Gasteiger partial charge in [-0.3, -0.25) is 4.79 Å². The Hall–Kier alpha value is -2.49. The van der Waals surface area contributed by atoms with Gasteiger partial charge in [-0.1, -0.05) is 36.4 Å². The number of halogens is 1. The highest BCUT2D eigenvalue weighted by Gasteiger charge is 2.11. The molecule has 3 N–H and O–H groups in total. The van der Waals surface area contributed by atoms with Crippen LogP contribution in [0.15, 0.2) is 53.5 Å². The van der Waals surface area contributed by atoms with Gasteiger partial charge in [0.15, 0.2) is 17.5 Å². The molecule has 0 saturated heterocycles. The minimum Gasteiger partial charge on any atom is -0.493 e. The summed E-state index contributed by atoms with van der Waals surface area (Å²) in [6.07, 6.45) is 0.736. The fourth-order valence-electron chi connectivity index (χ4n) is 2.86. The van der Waals surface area contributed by atoms with Crippen LogP contribution in [0.25, 0.3) is 0 Å². The maximum atomic E-state index is 12.4. The summed E-state index contributed by atoms with van der Waals surface area (Å²) in [5.41, 5.74) is 8.08. The lowest BCUT2D eigenvalue weighted by Crippen LogP contribution is -2.36. The van der Waals surface area contributed by atoms with Crippen LogP contribution in [-0.4, -0.2) is 50.6 Å². The second-order valence-corrected chi connectivity index (χ2v) is 6.46. The number of hydrogen-bond acceptors (Lipinski definition) is 4. The maximum absolute atomic E-state index is 12.4. The van der Waals surface area contributed by atoms with Crippen LogP contribution in [0.3, 0.4) is 0 Å². The van der Waals surface area contributed by atoms with E-state index < -0.39 is 0 Å². The Bertz CT molecular complexity index is 815. The van der Waals surface area contributed by atoms with Crippen LogP contribution in [0.1, 0.15) is 18.1 Å². The average Bonchev–Trinajstić information content (AvgIpc) is 2.76. The first-order valence-corrected chi connectivity index (χ1v) is 9.63. The third-order valence-electron chi connectivity index (χ3n) is 4.50. The van der Waals surface area contributed by atoms with E-state index in [0.29, 0.717) is 31.1 Å². The third-order valence-corrected chi connectivity index (χ3v) is 4.50. The van der Waals surface area contributed by atoms with Crippen molar-refractivity contribution in [1.29, 1.82) is 0 Å². The van der Waals surface area contributed by atoms with Gasteiger partial charge in [-0.05, 0) is 36.6 Å². The topological polar surface area (TPSA) is 89.2 Å². The third kappa shape index (κ3) is 8.10. The molecule has 2 aromatic rings. The number of carbonyl (C=O) groups is 1. The molecule has 7 nitrogen and oxygen atoms in total. The lowest BCUT2D eigenvalue weighted by atomic mass is 10.1. The molecule has 0 unspecified atom stereocenters. The van der Waals surface area contributed by atoms with Gasteiger partial charge in [0.05, 0.1) is 14.2 Å². The zero-order chi connectivity index (χ0) is 21.1. The van der Waals surface area contributed by atoms with Crippen molar-refractivity contribution in [1.82, 2.24) is 10.2 Å². The van der Waals surface area contributed by atoms with Crippen LogP contribution in [-0.2, 0) is 17.8 Å². The smallest absolute Gasteiger partial charge is 0.244 e. The number of likely N-dealkylation sites (N-methyl/N-ethyl adjacent to an activating group) is 1. The number of ether oxygens (including phenoxy) is 2. The molecule has 0 radical (unpaired) electrons. The number of guanidine groups is 1. The number of rotatable bonds is 10. The minimum atomic E-state index is -0.0546. The number of aliphatic imine (C=N–C) groups is 1. The molecule has 0 aliphatic heterocycles. The summed E-state index contributed by atoms with van der Waals surface area (Å²) in [5.74, 6) is 1.59. The number of hydrogen-bond donors (Lipinski definition) is 2. The number of nitrogens with one attached hydrogen (secondary N) is 1. The summed E-state index contributed by atoms with van der Waals surface area (Å²) in [6, 6.07) is 15.7. The van der Waals surface area contributed by atoms with Gasteiger partial charge in [0, 0.05) is 19.6 Å². The zero-order valence-electron chi connectivity index (χ0n) is 17.8. The first-order chi connectivity index (χ1) is 14.1. The molecule has 0 spiro atoms. The van der Waals surface area contributed by atoms with E-state index in [1.54, 1.807) is 19.1 Å². The summed E-state index contributed by atoms with van der Waals surface area (Å²) < 4.78 is 10.5. The standard InChI is InChI=1S/C22H30N4O3.HI/c1-4-26(16-18-8-6-5-7-9-18)21(27)15-25-22(23)24-13-12-17-10-11-19(28-2)20(14-17)29-3;/h5-11,14H,4,12-13,15-16H2,1-3H3,(H3,23,24,25);1H. The molecule has 0 atom stereocenters. The van der Waals surface area contributed by atoms with E-state index in [4.69, 9.17) is 15.2 Å². The average molecular weight is 526 g/mol. The molecule has 8 heteroatoms. The second-order valence-electron chi connectivity index (χ2n) is 6.46. The van der Waals surface area contributed by atoms with Crippen molar-refractivity contribution in [2.45, 2.75) is 19.9 Å². The first kappa shape index (κ1) is 25.5. The Morgan fingerprint density at radius 2 is 1.77 bits per heavy atom. The zero-order valence-corrected chi connectivity index (χ0v) is 20.1. The molecule has 2 aromatic carbocycles. The van der Waals surface area contributed by atoms with Gasteiger partial charge in [-0.2, -0.15) is 0 Å². The molecule has 2 rings (SSSR count). The Morgan fingerprint density at radius 1 is 1.07 bits per heavy atom. The van der Waals surface area contributed by atoms with Gasteiger partial charge in [-0.25, -0.2) is 4.99 Å². The molecule has 0 aliphatic rings. The van der Waals surface area contributed by atoms with Crippen molar-refractivity contribution in [3.8, 4) is 11.5 Å². The number of carbonyl (C=O) groups excluding carboxylic acids is 1. The summed E-state index contributed by atoms with van der Waals surface area (Å²) >= 11 is 0. The Kier molecular flexibility index (Phi) is 11.7. The normalized spacial score (nSPS) is 10.7. The van der Waals surface area contributed by atoms with E-state index in [9.17, 15) is 4.79 Å². The fraction of sp³-hybridized carbons (Fsp3) is 0.364. The highest BCUT2D eigenvalue weighted by molar-refractivity contribution is 14.0. The first-order valence-electron chi connectivity index (χ1n) is 9.63.